The lowest BCUT2D eigenvalue weighted by Crippen LogP contribution is -2.34. The molecule has 0 fully saturated rings. The number of amides is 2. The Morgan fingerprint density at radius 2 is 1.58 bits per heavy atom. The minimum atomic E-state index is -0.301. The number of ether oxygens (including phenoxy) is 1. The summed E-state index contributed by atoms with van der Waals surface area (Å²) in [6.07, 6.45) is 0.569. The van der Waals surface area contributed by atoms with Gasteiger partial charge in [-0.3, -0.25) is 14.5 Å². The fraction of sp³-hybridized carbons (Fsp3) is 0.214. The number of rotatable bonds is 7. The van der Waals surface area contributed by atoms with Crippen LogP contribution in [0, 0.1) is 20.8 Å². The molecule has 0 bridgehead atoms. The minimum Gasteiger partial charge on any atom is -0.497 e. The zero-order chi connectivity index (χ0) is 23.5. The standard InChI is InChI=1S/C28H28N2O3/c1-18-6-5-7-22(17-18)29-26-25(24-13-8-19(2)16-20(24)3)27(31)30(28(26)32)15-14-21-9-11-23(33-4)12-10-21/h5-13,16-17,29H,14-15H2,1-4H3. The topological polar surface area (TPSA) is 58.6 Å². The van der Waals surface area contributed by atoms with Crippen molar-refractivity contribution in [3.63, 3.8) is 0 Å². The van der Waals surface area contributed by atoms with Crippen LogP contribution in [0.3, 0.4) is 0 Å². The number of hydrogen-bond acceptors (Lipinski definition) is 4. The molecule has 33 heavy (non-hydrogen) atoms. The first-order valence-corrected chi connectivity index (χ1v) is 11.0. The summed E-state index contributed by atoms with van der Waals surface area (Å²) < 4.78 is 5.21. The van der Waals surface area contributed by atoms with E-state index in [4.69, 9.17) is 4.74 Å². The van der Waals surface area contributed by atoms with E-state index in [0.717, 1.165) is 39.3 Å². The van der Waals surface area contributed by atoms with Crippen LogP contribution in [0.15, 0.2) is 72.4 Å². The van der Waals surface area contributed by atoms with Gasteiger partial charge in [-0.1, -0.05) is 48.0 Å². The predicted molar refractivity (Wildman–Crippen MR) is 131 cm³/mol. The van der Waals surface area contributed by atoms with Gasteiger partial charge in [0.05, 0.1) is 12.7 Å². The molecule has 3 aromatic rings. The molecule has 0 spiro atoms. The van der Waals surface area contributed by atoms with Crippen LogP contribution in [0.4, 0.5) is 5.69 Å². The van der Waals surface area contributed by atoms with Crippen LogP contribution in [-0.2, 0) is 16.0 Å². The summed E-state index contributed by atoms with van der Waals surface area (Å²) in [5.41, 5.74) is 6.49. The molecular weight excluding hydrogens is 412 g/mol. The van der Waals surface area contributed by atoms with Crippen molar-refractivity contribution in [1.29, 1.82) is 0 Å². The van der Waals surface area contributed by atoms with Crippen molar-refractivity contribution in [3.8, 4) is 5.75 Å². The van der Waals surface area contributed by atoms with Gasteiger partial charge in [-0.2, -0.15) is 0 Å². The lowest BCUT2D eigenvalue weighted by atomic mass is 9.97. The summed E-state index contributed by atoms with van der Waals surface area (Å²) >= 11 is 0. The van der Waals surface area contributed by atoms with Crippen molar-refractivity contribution in [2.75, 3.05) is 19.0 Å². The van der Waals surface area contributed by atoms with E-state index in [2.05, 4.69) is 5.32 Å². The molecule has 5 nitrogen and oxygen atoms in total. The number of nitrogens with zero attached hydrogens (tertiary/aromatic N) is 1. The highest BCUT2D eigenvalue weighted by Gasteiger charge is 2.39. The van der Waals surface area contributed by atoms with Crippen molar-refractivity contribution in [2.24, 2.45) is 0 Å². The molecule has 4 rings (SSSR count). The molecule has 3 aromatic carbocycles. The van der Waals surface area contributed by atoms with E-state index >= 15 is 0 Å². The fourth-order valence-electron chi connectivity index (χ4n) is 4.14. The van der Waals surface area contributed by atoms with Crippen molar-refractivity contribution in [2.45, 2.75) is 27.2 Å². The lowest BCUT2D eigenvalue weighted by Gasteiger charge is -2.16. The Morgan fingerprint density at radius 3 is 2.24 bits per heavy atom. The zero-order valence-electron chi connectivity index (χ0n) is 19.4. The maximum atomic E-state index is 13.5. The highest BCUT2D eigenvalue weighted by molar-refractivity contribution is 6.36. The van der Waals surface area contributed by atoms with Crippen molar-refractivity contribution < 1.29 is 14.3 Å². The van der Waals surface area contributed by atoms with Crippen molar-refractivity contribution >= 4 is 23.1 Å². The summed E-state index contributed by atoms with van der Waals surface area (Å²) in [6.45, 7) is 6.28. The second-order valence-corrected chi connectivity index (χ2v) is 8.42. The van der Waals surface area contributed by atoms with E-state index in [1.807, 2.05) is 87.5 Å². The predicted octanol–water partition coefficient (Wildman–Crippen LogP) is 5.06. The van der Waals surface area contributed by atoms with Gasteiger partial charge in [-0.15, -0.1) is 0 Å². The number of carbonyl (C=O) groups is 2. The summed E-state index contributed by atoms with van der Waals surface area (Å²) in [6, 6.07) is 21.4. The second-order valence-electron chi connectivity index (χ2n) is 8.42. The number of carbonyl (C=O) groups excluding carboxylic acids is 2. The average molecular weight is 441 g/mol. The first-order chi connectivity index (χ1) is 15.9. The number of aryl methyl sites for hydroxylation is 3. The molecule has 0 radical (unpaired) electrons. The van der Waals surface area contributed by atoms with E-state index in [-0.39, 0.29) is 11.8 Å². The Hall–Kier alpha value is -3.86. The molecule has 0 saturated carbocycles. The van der Waals surface area contributed by atoms with Gasteiger partial charge in [-0.05, 0) is 73.7 Å². The molecule has 0 aromatic heterocycles. The second kappa shape index (κ2) is 9.33. The van der Waals surface area contributed by atoms with Crippen LogP contribution in [-0.4, -0.2) is 30.4 Å². The maximum Gasteiger partial charge on any atom is 0.278 e. The molecule has 5 heteroatoms. The number of hydrogen-bond donors (Lipinski definition) is 1. The molecule has 1 N–H and O–H groups in total. The monoisotopic (exact) mass is 440 g/mol. The normalized spacial score (nSPS) is 13.6. The highest BCUT2D eigenvalue weighted by atomic mass is 16.5. The lowest BCUT2D eigenvalue weighted by molar-refractivity contribution is -0.136. The number of benzene rings is 3. The Morgan fingerprint density at radius 1 is 0.848 bits per heavy atom. The molecule has 0 unspecified atom stereocenters. The number of methoxy groups -OCH3 is 1. The summed E-state index contributed by atoms with van der Waals surface area (Å²) in [4.78, 5) is 28.3. The Bertz CT molecular complexity index is 1240. The van der Waals surface area contributed by atoms with Gasteiger partial charge in [0.25, 0.3) is 11.8 Å². The fourth-order valence-corrected chi connectivity index (χ4v) is 4.14. The van der Waals surface area contributed by atoms with E-state index in [1.54, 1.807) is 7.11 Å². The average Bonchev–Trinajstić information content (AvgIpc) is 3.02. The first kappa shape index (κ1) is 22.3. The van der Waals surface area contributed by atoms with Gasteiger partial charge in [-0.25, -0.2) is 0 Å². The minimum absolute atomic E-state index is 0.268. The van der Waals surface area contributed by atoms with Gasteiger partial charge in [0, 0.05) is 12.2 Å². The van der Waals surface area contributed by atoms with E-state index in [0.29, 0.717) is 24.2 Å². The summed E-state index contributed by atoms with van der Waals surface area (Å²) in [5.74, 6) is 0.205. The molecule has 0 atom stereocenters. The molecule has 0 aliphatic carbocycles. The molecule has 0 saturated heterocycles. The van der Waals surface area contributed by atoms with Crippen LogP contribution in [0.2, 0.25) is 0 Å². The van der Waals surface area contributed by atoms with Crippen LogP contribution in [0.1, 0.15) is 27.8 Å². The maximum absolute atomic E-state index is 13.5. The van der Waals surface area contributed by atoms with Gasteiger partial charge < -0.3 is 10.1 Å². The third kappa shape index (κ3) is 4.67. The molecular formula is C28H28N2O3. The number of imide groups is 1. The smallest absolute Gasteiger partial charge is 0.278 e. The zero-order valence-corrected chi connectivity index (χ0v) is 19.4. The molecule has 2 amide bonds. The van der Waals surface area contributed by atoms with Gasteiger partial charge in [0.1, 0.15) is 11.4 Å². The summed E-state index contributed by atoms with van der Waals surface area (Å²) in [7, 11) is 1.62. The molecule has 168 valence electrons. The van der Waals surface area contributed by atoms with Gasteiger partial charge >= 0.3 is 0 Å². The Balaban J connectivity index is 1.67. The summed E-state index contributed by atoms with van der Waals surface area (Å²) in [5, 5.41) is 3.25. The number of anilines is 1. The van der Waals surface area contributed by atoms with Crippen LogP contribution in [0.25, 0.3) is 5.57 Å². The third-order valence-electron chi connectivity index (χ3n) is 5.89. The van der Waals surface area contributed by atoms with E-state index < -0.39 is 0 Å². The SMILES string of the molecule is COc1ccc(CCN2C(=O)C(Nc3cccc(C)c3)=C(c3ccc(C)cc3C)C2=O)cc1. The van der Waals surface area contributed by atoms with Crippen LogP contribution >= 0.6 is 0 Å². The molecule has 1 aliphatic heterocycles. The first-order valence-electron chi connectivity index (χ1n) is 11.0. The number of nitrogens with one attached hydrogen (secondary N) is 1. The van der Waals surface area contributed by atoms with Crippen LogP contribution in [0.5, 0.6) is 5.75 Å². The van der Waals surface area contributed by atoms with Crippen LogP contribution < -0.4 is 10.1 Å². The van der Waals surface area contributed by atoms with Crippen molar-refractivity contribution in [1.82, 2.24) is 4.90 Å². The quantitative estimate of drug-likeness (QED) is 0.522. The van der Waals surface area contributed by atoms with E-state index in [9.17, 15) is 9.59 Å². The van der Waals surface area contributed by atoms with Crippen molar-refractivity contribution in [3.05, 3.63) is 100 Å². The highest BCUT2D eigenvalue weighted by Crippen LogP contribution is 2.33. The van der Waals surface area contributed by atoms with Gasteiger partial charge in [0.2, 0.25) is 0 Å². The molecule has 1 aliphatic rings. The Kier molecular flexibility index (Phi) is 6.31. The Labute approximate surface area is 194 Å². The van der Waals surface area contributed by atoms with Gasteiger partial charge in [0.15, 0.2) is 0 Å². The largest absolute Gasteiger partial charge is 0.497 e. The third-order valence-corrected chi connectivity index (χ3v) is 5.89. The molecule has 1 heterocycles. The van der Waals surface area contributed by atoms with E-state index in [1.165, 1.54) is 4.90 Å².